The number of likely N-dealkylation sites (tertiary alicyclic amines) is 1. The van der Waals surface area contributed by atoms with Gasteiger partial charge in [-0.25, -0.2) is 4.79 Å². The molecule has 0 aliphatic carbocycles. The SMILES string of the molecule is C=CC([C@H]1CN(C(=O)[O-])C[C@@]1(N=[N+]=N)C(=O)OCc1ccccc1)C(C)(C)C. The van der Waals surface area contributed by atoms with Gasteiger partial charge in [-0.05, 0) is 16.9 Å². The lowest BCUT2D eigenvalue weighted by Crippen LogP contribution is -2.50. The highest BCUT2D eigenvalue weighted by Gasteiger charge is 2.61. The molecule has 1 aliphatic heterocycles. The van der Waals surface area contributed by atoms with Crippen molar-refractivity contribution in [2.45, 2.75) is 32.9 Å². The number of allylic oxidation sites excluding steroid dienone is 1. The van der Waals surface area contributed by atoms with Crippen LogP contribution in [0.1, 0.15) is 26.3 Å². The van der Waals surface area contributed by atoms with Gasteiger partial charge in [0.2, 0.25) is 4.91 Å². The molecular weight excluding hydrogens is 360 g/mol. The van der Waals surface area contributed by atoms with E-state index in [2.05, 4.69) is 16.6 Å². The largest absolute Gasteiger partial charge is 0.530 e. The summed E-state index contributed by atoms with van der Waals surface area (Å²) >= 11 is 0. The van der Waals surface area contributed by atoms with E-state index in [0.717, 1.165) is 10.5 Å². The van der Waals surface area contributed by atoms with Crippen LogP contribution in [0, 0.1) is 22.8 Å². The van der Waals surface area contributed by atoms with E-state index in [4.69, 9.17) is 10.3 Å². The van der Waals surface area contributed by atoms with Gasteiger partial charge in [0, 0.05) is 12.5 Å². The van der Waals surface area contributed by atoms with E-state index < -0.39 is 23.5 Å². The normalized spacial score (nSPS) is 22.8. The molecule has 0 aromatic heterocycles. The summed E-state index contributed by atoms with van der Waals surface area (Å²) in [7, 11) is 0. The average molecular weight is 386 g/mol. The zero-order valence-electron chi connectivity index (χ0n) is 16.4. The second-order valence-corrected chi connectivity index (χ2v) is 8.07. The Balaban J connectivity index is 2.42. The van der Waals surface area contributed by atoms with E-state index in [-0.39, 0.29) is 31.0 Å². The first-order valence-electron chi connectivity index (χ1n) is 9.04. The fourth-order valence-electron chi connectivity index (χ4n) is 3.83. The van der Waals surface area contributed by atoms with Gasteiger partial charge in [0.05, 0.1) is 6.54 Å². The standard InChI is InChI=1S/C20H26N4O4/c1-5-15(19(2,3)4)16-11-24(18(26)27)13-20(16,22-23-21)17(25)28-12-14-9-7-6-8-10-14/h5-10,15-16,21H,1,11-13H2,2-4H3/t15?,16-,20+/m1/s1. The van der Waals surface area contributed by atoms with Crippen molar-refractivity contribution in [3.63, 3.8) is 0 Å². The molecule has 1 amide bonds. The maximum atomic E-state index is 13.1. The Morgan fingerprint density at radius 1 is 1.46 bits per heavy atom. The smallest absolute Gasteiger partial charge is 0.344 e. The van der Waals surface area contributed by atoms with Gasteiger partial charge in [-0.3, -0.25) is 0 Å². The van der Waals surface area contributed by atoms with Gasteiger partial charge in [0.15, 0.2) is 0 Å². The van der Waals surface area contributed by atoms with Crippen LogP contribution in [0.2, 0.25) is 0 Å². The summed E-state index contributed by atoms with van der Waals surface area (Å²) in [6.07, 6.45) is 0.293. The van der Waals surface area contributed by atoms with Crippen molar-refractivity contribution >= 4 is 12.1 Å². The van der Waals surface area contributed by atoms with Gasteiger partial charge in [0.1, 0.15) is 23.3 Å². The predicted octanol–water partition coefficient (Wildman–Crippen LogP) is 2.14. The molecule has 1 fully saturated rings. The van der Waals surface area contributed by atoms with Crippen molar-refractivity contribution in [1.29, 1.82) is 5.53 Å². The first-order chi connectivity index (χ1) is 13.2. The molecule has 1 saturated heterocycles. The van der Waals surface area contributed by atoms with Crippen molar-refractivity contribution in [2.24, 2.45) is 22.4 Å². The summed E-state index contributed by atoms with van der Waals surface area (Å²) in [6, 6.07) is 9.13. The molecule has 1 aliphatic rings. The van der Waals surface area contributed by atoms with Crippen LogP contribution >= 0.6 is 0 Å². The Morgan fingerprint density at radius 3 is 2.61 bits per heavy atom. The third-order valence-electron chi connectivity index (χ3n) is 5.20. The number of carboxylic acid groups (broad SMARTS) is 1. The lowest BCUT2D eigenvalue weighted by Gasteiger charge is -2.36. The molecule has 28 heavy (non-hydrogen) atoms. The Morgan fingerprint density at radius 2 is 2.11 bits per heavy atom. The van der Waals surface area contributed by atoms with Crippen LogP contribution < -0.4 is 10.0 Å². The summed E-state index contributed by atoms with van der Waals surface area (Å²) in [5, 5.41) is 15.4. The summed E-state index contributed by atoms with van der Waals surface area (Å²) in [6.45, 7) is 9.55. The molecule has 3 atom stereocenters. The summed E-state index contributed by atoms with van der Waals surface area (Å²) in [4.78, 5) is 28.8. The van der Waals surface area contributed by atoms with Crippen LogP contribution in [-0.4, -0.2) is 35.6 Å². The number of benzene rings is 1. The summed E-state index contributed by atoms with van der Waals surface area (Å²) < 4.78 is 5.48. The van der Waals surface area contributed by atoms with Crippen molar-refractivity contribution in [3.05, 3.63) is 48.6 Å². The molecule has 0 saturated carbocycles. The second-order valence-electron chi connectivity index (χ2n) is 8.07. The van der Waals surface area contributed by atoms with Crippen LogP contribution in [0.15, 0.2) is 48.1 Å². The Bertz CT molecular complexity index is 783. The van der Waals surface area contributed by atoms with Crippen LogP contribution in [0.5, 0.6) is 0 Å². The summed E-state index contributed by atoms with van der Waals surface area (Å²) in [5.74, 6) is -1.57. The minimum atomic E-state index is -1.62. The fourth-order valence-corrected chi connectivity index (χ4v) is 3.83. The molecule has 0 radical (unpaired) electrons. The number of nitrogens with zero attached hydrogens (tertiary/aromatic N) is 3. The Labute approximate surface area is 164 Å². The van der Waals surface area contributed by atoms with E-state index in [0.29, 0.717) is 0 Å². The minimum Gasteiger partial charge on any atom is -0.530 e. The molecular formula is C20H26N4O4. The predicted molar refractivity (Wildman–Crippen MR) is 99.9 cm³/mol. The number of ether oxygens (including phenoxy) is 1. The van der Waals surface area contributed by atoms with Gasteiger partial charge in [0.25, 0.3) is 5.54 Å². The molecule has 1 heterocycles. The van der Waals surface area contributed by atoms with Crippen molar-refractivity contribution in [3.8, 4) is 0 Å². The van der Waals surface area contributed by atoms with E-state index in [9.17, 15) is 14.7 Å². The maximum Gasteiger partial charge on any atom is 0.344 e. The molecule has 8 heteroatoms. The molecule has 1 aromatic carbocycles. The van der Waals surface area contributed by atoms with E-state index in [1.807, 2.05) is 51.1 Å². The van der Waals surface area contributed by atoms with Gasteiger partial charge < -0.3 is 19.5 Å². The highest BCUT2D eigenvalue weighted by Crippen LogP contribution is 2.44. The lowest BCUT2D eigenvalue weighted by molar-refractivity contribution is -0.264. The van der Waals surface area contributed by atoms with Crippen molar-refractivity contribution < 1.29 is 19.4 Å². The highest BCUT2D eigenvalue weighted by atomic mass is 16.5. The molecule has 1 N–H and O–H groups in total. The van der Waals surface area contributed by atoms with Crippen molar-refractivity contribution in [2.75, 3.05) is 13.1 Å². The van der Waals surface area contributed by atoms with Crippen LogP contribution in [-0.2, 0) is 16.1 Å². The first-order valence-corrected chi connectivity index (χ1v) is 9.04. The number of carbonyl (C=O) groups excluding carboxylic acids is 2. The maximum absolute atomic E-state index is 13.1. The molecule has 0 bridgehead atoms. The zero-order chi connectivity index (χ0) is 20.9. The fraction of sp³-hybridized carbons (Fsp3) is 0.500. The second kappa shape index (κ2) is 8.35. The topological polar surface area (TPSA) is 120 Å². The van der Waals surface area contributed by atoms with Crippen LogP contribution in [0.4, 0.5) is 4.79 Å². The highest BCUT2D eigenvalue weighted by molar-refractivity contribution is 5.84. The van der Waals surface area contributed by atoms with Gasteiger partial charge in [-0.2, -0.15) is 0 Å². The molecule has 1 aromatic rings. The average Bonchev–Trinajstić information content (AvgIpc) is 3.01. The molecule has 8 nitrogen and oxygen atoms in total. The van der Waals surface area contributed by atoms with Gasteiger partial charge in [-0.15, -0.1) is 6.58 Å². The summed E-state index contributed by atoms with van der Waals surface area (Å²) in [5.41, 5.74) is 6.09. The van der Waals surface area contributed by atoms with Crippen LogP contribution in [0.25, 0.3) is 0 Å². The molecule has 0 spiro atoms. The number of esters is 1. The lowest BCUT2D eigenvalue weighted by atomic mass is 9.67. The number of hydrogen-bond acceptors (Lipinski definition) is 6. The number of hydrogen-bond donors (Lipinski definition) is 1. The molecule has 2 rings (SSSR count). The first kappa shape index (κ1) is 21.3. The molecule has 150 valence electrons. The van der Waals surface area contributed by atoms with E-state index >= 15 is 0 Å². The third-order valence-corrected chi connectivity index (χ3v) is 5.20. The minimum absolute atomic E-state index is 0.0151. The number of rotatable bonds is 6. The third kappa shape index (κ3) is 4.28. The molecule has 1 unspecified atom stereocenters. The number of carbonyl (C=O) groups is 2. The quantitative estimate of drug-likeness (QED) is 0.348. The van der Waals surface area contributed by atoms with E-state index in [1.54, 1.807) is 6.08 Å². The van der Waals surface area contributed by atoms with Gasteiger partial charge in [-0.1, -0.05) is 57.2 Å². The van der Waals surface area contributed by atoms with Crippen molar-refractivity contribution in [1.82, 2.24) is 9.81 Å². The monoisotopic (exact) mass is 386 g/mol. The van der Waals surface area contributed by atoms with Gasteiger partial charge >= 0.3 is 5.97 Å². The van der Waals surface area contributed by atoms with Crippen LogP contribution in [0.3, 0.4) is 0 Å². The zero-order valence-corrected chi connectivity index (χ0v) is 16.4. The number of nitrogens with one attached hydrogen (secondary N) is 1. The number of amides is 1. The Hall–Kier alpha value is -2.99. The van der Waals surface area contributed by atoms with E-state index in [1.165, 1.54) is 0 Å². The Kier molecular flexibility index (Phi) is 6.36.